The summed E-state index contributed by atoms with van der Waals surface area (Å²) in [6, 6.07) is 17.1. The highest BCUT2D eigenvalue weighted by Gasteiger charge is 2.14. The van der Waals surface area contributed by atoms with Gasteiger partial charge in [-0.1, -0.05) is 36.4 Å². The van der Waals surface area contributed by atoms with Crippen LogP contribution in [0, 0.1) is 0 Å². The fraction of sp³-hybridized carbons (Fsp3) is 0.350. The number of hydrogen-bond acceptors (Lipinski definition) is 2. The lowest BCUT2D eigenvalue weighted by Crippen LogP contribution is -2.27. The van der Waals surface area contributed by atoms with Gasteiger partial charge in [-0.05, 0) is 62.2 Å². The van der Waals surface area contributed by atoms with Crippen LogP contribution in [0.15, 0.2) is 53.5 Å². The van der Waals surface area contributed by atoms with E-state index < -0.39 is 0 Å². The van der Waals surface area contributed by atoms with Crippen molar-refractivity contribution in [3.63, 3.8) is 0 Å². The van der Waals surface area contributed by atoms with Crippen molar-refractivity contribution in [1.82, 2.24) is 4.90 Å². The molecule has 0 aliphatic heterocycles. The van der Waals surface area contributed by atoms with E-state index in [-0.39, 0.29) is 6.04 Å². The molecular weight excluding hydrogens is 296 g/mol. The molecule has 1 unspecified atom stereocenters. The fourth-order valence-corrected chi connectivity index (χ4v) is 3.26. The maximum Gasteiger partial charge on any atom is 0.193 e. The van der Waals surface area contributed by atoms with Crippen molar-refractivity contribution in [2.75, 3.05) is 26.0 Å². The lowest BCUT2D eigenvalue weighted by atomic mass is 10.1. The topological polar surface area (TPSA) is 53.6 Å². The number of aliphatic imine (C=N–C) groups is 1. The Bertz CT molecular complexity index is 707. The Morgan fingerprint density at radius 1 is 1.12 bits per heavy atom. The fourth-order valence-electron chi connectivity index (χ4n) is 3.26. The minimum absolute atomic E-state index is 0.214. The molecule has 3 rings (SSSR count). The molecule has 126 valence electrons. The Morgan fingerprint density at radius 2 is 1.88 bits per heavy atom. The second-order valence-electron chi connectivity index (χ2n) is 6.58. The van der Waals surface area contributed by atoms with Gasteiger partial charge in [-0.3, -0.25) is 4.99 Å². The second-order valence-corrected chi connectivity index (χ2v) is 6.58. The molecule has 2 aromatic carbocycles. The molecule has 0 radical (unpaired) electrons. The smallest absolute Gasteiger partial charge is 0.193 e. The third-order valence-electron chi connectivity index (χ3n) is 4.61. The molecule has 4 nitrogen and oxygen atoms in total. The van der Waals surface area contributed by atoms with Crippen LogP contribution in [0.4, 0.5) is 5.69 Å². The molecular formula is C20H26N4. The highest BCUT2D eigenvalue weighted by atomic mass is 15.1. The molecule has 0 saturated heterocycles. The first kappa shape index (κ1) is 16.5. The summed E-state index contributed by atoms with van der Waals surface area (Å²) in [5.74, 6) is 0.468. The molecule has 0 amide bonds. The number of fused-ring (bicyclic) bond motifs is 1. The summed E-state index contributed by atoms with van der Waals surface area (Å²) >= 11 is 0. The summed E-state index contributed by atoms with van der Waals surface area (Å²) in [5, 5.41) is 3.23. The van der Waals surface area contributed by atoms with Gasteiger partial charge in [-0.2, -0.15) is 0 Å². The van der Waals surface area contributed by atoms with Gasteiger partial charge in [-0.25, -0.2) is 0 Å². The zero-order valence-corrected chi connectivity index (χ0v) is 14.5. The van der Waals surface area contributed by atoms with Crippen LogP contribution in [0.25, 0.3) is 0 Å². The highest BCUT2D eigenvalue weighted by molar-refractivity contribution is 5.92. The van der Waals surface area contributed by atoms with E-state index >= 15 is 0 Å². The van der Waals surface area contributed by atoms with Gasteiger partial charge in [0.1, 0.15) is 0 Å². The van der Waals surface area contributed by atoms with Crippen LogP contribution in [-0.4, -0.2) is 31.5 Å². The number of nitrogens with zero attached hydrogens (tertiary/aromatic N) is 2. The van der Waals surface area contributed by atoms with Gasteiger partial charge in [0.25, 0.3) is 0 Å². The Kier molecular flexibility index (Phi) is 5.16. The molecule has 4 heteroatoms. The first-order valence-corrected chi connectivity index (χ1v) is 8.53. The van der Waals surface area contributed by atoms with E-state index in [2.05, 4.69) is 71.8 Å². The normalized spacial score (nSPS) is 15.4. The van der Waals surface area contributed by atoms with Crippen molar-refractivity contribution in [2.24, 2.45) is 10.7 Å². The van der Waals surface area contributed by atoms with Gasteiger partial charge in [0.2, 0.25) is 0 Å². The Hall–Kier alpha value is -2.33. The van der Waals surface area contributed by atoms with Crippen LogP contribution in [0.2, 0.25) is 0 Å². The van der Waals surface area contributed by atoms with Gasteiger partial charge in [0.15, 0.2) is 5.96 Å². The predicted molar refractivity (Wildman–Crippen MR) is 101 cm³/mol. The van der Waals surface area contributed by atoms with Crippen LogP contribution in [0.3, 0.4) is 0 Å². The molecule has 0 bridgehead atoms. The zero-order valence-electron chi connectivity index (χ0n) is 14.5. The van der Waals surface area contributed by atoms with Gasteiger partial charge in [0, 0.05) is 5.69 Å². The largest absolute Gasteiger partial charge is 0.370 e. The third kappa shape index (κ3) is 3.95. The molecule has 0 saturated carbocycles. The van der Waals surface area contributed by atoms with Crippen molar-refractivity contribution in [2.45, 2.75) is 25.3 Å². The predicted octanol–water partition coefficient (Wildman–Crippen LogP) is 3.20. The maximum atomic E-state index is 6.10. The summed E-state index contributed by atoms with van der Waals surface area (Å²) in [7, 11) is 4.13. The van der Waals surface area contributed by atoms with Crippen LogP contribution in [0.5, 0.6) is 0 Å². The first-order chi connectivity index (χ1) is 11.6. The number of anilines is 1. The minimum atomic E-state index is 0.214. The van der Waals surface area contributed by atoms with Gasteiger partial charge in [0.05, 0.1) is 12.6 Å². The number of nitrogens with two attached hydrogens (primary N) is 1. The van der Waals surface area contributed by atoms with Crippen molar-refractivity contribution in [3.05, 3.63) is 65.2 Å². The summed E-state index contributed by atoms with van der Waals surface area (Å²) in [4.78, 5) is 6.72. The van der Waals surface area contributed by atoms with Crippen molar-refractivity contribution < 1.29 is 0 Å². The number of rotatable bonds is 5. The molecule has 0 aromatic heterocycles. The lowest BCUT2D eigenvalue weighted by molar-refractivity contribution is 0.306. The average molecular weight is 322 g/mol. The van der Waals surface area contributed by atoms with Crippen LogP contribution >= 0.6 is 0 Å². The van der Waals surface area contributed by atoms with E-state index in [1.807, 2.05) is 6.07 Å². The Labute approximate surface area is 144 Å². The average Bonchev–Trinajstić information content (AvgIpc) is 3.03. The second kappa shape index (κ2) is 7.49. The molecule has 2 aromatic rings. The summed E-state index contributed by atoms with van der Waals surface area (Å²) < 4.78 is 0. The minimum Gasteiger partial charge on any atom is -0.370 e. The number of benzene rings is 2. The van der Waals surface area contributed by atoms with E-state index in [1.165, 1.54) is 36.0 Å². The standard InChI is InChI=1S/C20H26N4/c1-24(2)19(16-7-4-3-5-8-16)14-22-20(21)23-18-12-11-15-9-6-10-17(15)13-18/h3-5,7-8,11-13,19H,6,9-10,14H2,1-2H3,(H3,21,22,23). The number of hydrogen-bond donors (Lipinski definition) is 2. The summed E-state index contributed by atoms with van der Waals surface area (Å²) in [6.45, 7) is 0.626. The summed E-state index contributed by atoms with van der Waals surface area (Å²) in [5.41, 5.74) is 11.3. The van der Waals surface area contributed by atoms with Crippen LogP contribution in [0.1, 0.15) is 29.2 Å². The van der Waals surface area contributed by atoms with Gasteiger partial charge in [-0.15, -0.1) is 0 Å². The Balaban J connectivity index is 1.66. The molecule has 1 atom stereocenters. The molecule has 0 spiro atoms. The summed E-state index contributed by atoms with van der Waals surface area (Å²) in [6.07, 6.45) is 3.61. The number of aryl methyl sites for hydroxylation is 2. The first-order valence-electron chi connectivity index (χ1n) is 8.53. The molecule has 3 N–H and O–H groups in total. The van der Waals surface area contributed by atoms with E-state index in [9.17, 15) is 0 Å². The van der Waals surface area contributed by atoms with E-state index in [1.54, 1.807) is 0 Å². The third-order valence-corrected chi connectivity index (χ3v) is 4.61. The lowest BCUT2D eigenvalue weighted by Gasteiger charge is -2.23. The monoisotopic (exact) mass is 322 g/mol. The highest BCUT2D eigenvalue weighted by Crippen LogP contribution is 2.25. The van der Waals surface area contributed by atoms with Gasteiger partial charge < -0.3 is 16.0 Å². The van der Waals surface area contributed by atoms with Crippen LogP contribution in [-0.2, 0) is 12.8 Å². The van der Waals surface area contributed by atoms with Crippen molar-refractivity contribution in [3.8, 4) is 0 Å². The van der Waals surface area contributed by atoms with Gasteiger partial charge >= 0.3 is 0 Å². The van der Waals surface area contributed by atoms with Crippen molar-refractivity contribution >= 4 is 11.6 Å². The zero-order chi connectivity index (χ0) is 16.9. The van der Waals surface area contributed by atoms with Crippen LogP contribution < -0.4 is 11.1 Å². The maximum absolute atomic E-state index is 6.10. The Morgan fingerprint density at radius 3 is 2.62 bits per heavy atom. The number of nitrogens with one attached hydrogen (secondary N) is 1. The molecule has 0 fully saturated rings. The van der Waals surface area contributed by atoms with Crippen molar-refractivity contribution in [1.29, 1.82) is 0 Å². The number of guanidine groups is 1. The quantitative estimate of drug-likeness (QED) is 0.656. The molecule has 1 aliphatic rings. The number of likely N-dealkylation sites (N-methyl/N-ethyl adjacent to an activating group) is 1. The molecule has 24 heavy (non-hydrogen) atoms. The van der Waals surface area contributed by atoms with E-state index in [0.29, 0.717) is 12.5 Å². The molecule has 1 aliphatic carbocycles. The van der Waals surface area contributed by atoms with E-state index in [0.717, 1.165) is 5.69 Å². The molecule has 0 heterocycles. The SMILES string of the molecule is CN(C)C(CN=C(N)Nc1ccc2c(c1)CCC2)c1ccccc1. The van der Waals surface area contributed by atoms with E-state index in [4.69, 9.17) is 5.73 Å².